The summed E-state index contributed by atoms with van der Waals surface area (Å²) in [6.07, 6.45) is 1.45. The quantitative estimate of drug-likeness (QED) is 0.938. The minimum atomic E-state index is -2.99. The molecule has 8 heteroatoms. The fourth-order valence-corrected chi connectivity index (χ4v) is 2.18. The van der Waals surface area contributed by atoms with Crippen LogP contribution >= 0.6 is 22.9 Å². The molecule has 0 saturated carbocycles. The number of alkyl halides is 2. The molecule has 1 amide bonds. The molecule has 0 atom stereocenters. The number of anilines is 1. The molecule has 2 heterocycles. The molecule has 0 saturated heterocycles. The highest BCUT2D eigenvalue weighted by Crippen LogP contribution is 2.28. The molecule has 0 aliphatic heterocycles. The van der Waals surface area contributed by atoms with Crippen LogP contribution in [0, 0.1) is 0 Å². The Balaban J connectivity index is 2.17. The second-order valence-corrected chi connectivity index (χ2v) is 4.60. The normalized spacial score (nSPS) is 10.5. The summed E-state index contributed by atoms with van der Waals surface area (Å²) in [6.45, 7) is -2.99. The Kier molecular flexibility index (Phi) is 4.28. The van der Waals surface area contributed by atoms with Crippen molar-refractivity contribution in [2.45, 2.75) is 6.61 Å². The summed E-state index contributed by atoms with van der Waals surface area (Å²) in [6, 6.07) is 4.45. The Hall–Kier alpha value is -1.73. The van der Waals surface area contributed by atoms with E-state index in [1.807, 2.05) is 0 Å². The van der Waals surface area contributed by atoms with E-state index in [1.165, 1.54) is 17.6 Å². The fraction of sp³-hybridized carbons (Fsp3) is 0.0909. The number of carbonyl (C=O) groups excluding carboxylic acids is 1. The standard InChI is InChI=1S/C11H7ClF2N2O2S/c12-6-2-1-4-15-9(6)16-10(17)8-7(3-5-19-8)18-11(13)14/h1-5,11H,(H,15,16,17). The van der Waals surface area contributed by atoms with Crippen LogP contribution in [0.5, 0.6) is 5.75 Å². The zero-order valence-electron chi connectivity index (χ0n) is 9.27. The van der Waals surface area contributed by atoms with Crippen molar-refractivity contribution in [1.82, 2.24) is 4.98 Å². The Morgan fingerprint density at radius 3 is 2.95 bits per heavy atom. The molecular weight excluding hydrogens is 298 g/mol. The maximum absolute atomic E-state index is 12.1. The minimum Gasteiger partial charge on any atom is -0.433 e. The molecule has 0 spiro atoms. The highest BCUT2D eigenvalue weighted by molar-refractivity contribution is 7.12. The first-order chi connectivity index (χ1) is 9.08. The van der Waals surface area contributed by atoms with Gasteiger partial charge in [-0.1, -0.05) is 11.6 Å². The summed E-state index contributed by atoms with van der Waals surface area (Å²) in [7, 11) is 0. The highest BCUT2D eigenvalue weighted by Gasteiger charge is 2.18. The average Bonchev–Trinajstić information content (AvgIpc) is 2.79. The molecule has 0 aliphatic carbocycles. The monoisotopic (exact) mass is 304 g/mol. The van der Waals surface area contributed by atoms with Crippen LogP contribution in [0.4, 0.5) is 14.6 Å². The van der Waals surface area contributed by atoms with Crippen molar-refractivity contribution >= 4 is 34.7 Å². The lowest BCUT2D eigenvalue weighted by atomic mass is 10.4. The van der Waals surface area contributed by atoms with Crippen molar-refractivity contribution in [3.63, 3.8) is 0 Å². The lowest BCUT2D eigenvalue weighted by Crippen LogP contribution is -2.14. The number of carbonyl (C=O) groups is 1. The van der Waals surface area contributed by atoms with Gasteiger partial charge in [-0.05, 0) is 23.6 Å². The number of thiophene rings is 1. The van der Waals surface area contributed by atoms with Crippen LogP contribution in [-0.2, 0) is 0 Å². The number of nitrogens with one attached hydrogen (secondary N) is 1. The van der Waals surface area contributed by atoms with Crippen LogP contribution in [0.15, 0.2) is 29.8 Å². The fourth-order valence-electron chi connectivity index (χ4n) is 1.29. The van der Waals surface area contributed by atoms with Crippen molar-refractivity contribution in [3.05, 3.63) is 39.7 Å². The van der Waals surface area contributed by atoms with Gasteiger partial charge in [-0.2, -0.15) is 8.78 Å². The number of rotatable bonds is 4. The molecule has 1 N–H and O–H groups in total. The van der Waals surface area contributed by atoms with E-state index < -0.39 is 12.5 Å². The number of ether oxygens (including phenoxy) is 1. The molecule has 4 nitrogen and oxygen atoms in total. The second kappa shape index (κ2) is 5.94. The number of halogens is 3. The van der Waals surface area contributed by atoms with Gasteiger partial charge in [-0.15, -0.1) is 11.3 Å². The third kappa shape index (κ3) is 3.39. The molecule has 0 aliphatic rings. The molecule has 0 bridgehead atoms. The lowest BCUT2D eigenvalue weighted by molar-refractivity contribution is -0.0498. The summed E-state index contributed by atoms with van der Waals surface area (Å²) in [5, 5.41) is 4.16. The zero-order chi connectivity index (χ0) is 13.8. The van der Waals surface area contributed by atoms with E-state index in [0.29, 0.717) is 0 Å². The third-order valence-corrected chi connectivity index (χ3v) is 3.24. The maximum Gasteiger partial charge on any atom is 0.387 e. The Morgan fingerprint density at radius 2 is 2.26 bits per heavy atom. The zero-order valence-corrected chi connectivity index (χ0v) is 10.8. The molecule has 2 aromatic rings. The van der Waals surface area contributed by atoms with E-state index in [0.717, 1.165) is 11.3 Å². The smallest absolute Gasteiger partial charge is 0.387 e. The van der Waals surface area contributed by atoms with Gasteiger partial charge in [0.25, 0.3) is 5.91 Å². The van der Waals surface area contributed by atoms with Crippen LogP contribution in [0.2, 0.25) is 5.02 Å². The van der Waals surface area contributed by atoms with Gasteiger partial charge in [-0.3, -0.25) is 4.79 Å². The predicted molar refractivity (Wildman–Crippen MR) is 68.2 cm³/mol. The molecule has 0 aromatic carbocycles. The SMILES string of the molecule is O=C(Nc1ncccc1Cl)c1sccc1OC(F)F. The van der Waals surface area contributed by atoms with Crippen molar-refractivity contribution < 1.29 is 18.3 Å². The molecule has 100 valence electrons. The maximum atomic E-state index is 12.1. The lowest BCUT2D eigenvalue weighted by Gasteiger charge is -2.07. The van der Waals surface area contributed by atoms with Crippen LogP contribution in [0.1, 0.15) is 9.67 Å². The van der Waals surface area contributed by atoms with Gasteiger partial charge in [0.2, 0.25) is 0 Å². The van der Waals surface area contributed by atoms with Crippen molar-refractivity contribution in [2.24, 2.45) is 0 Å². The first-order valence-electron chi connectivity index (χ1n) is 5.02. The molecule has 0 unspecified atom stereocenters. The largest absolute Gasteiger partial charge is 0.433 e. The number of hydrogen-bond donors (Lipinski definition) is 1. The molecule has 19 heavy (non-hydrogen) atoms. The van der Waals surface area contributed by atoms with Gasteiger partial charge in [-0.25, -0.2) is 4.98 Å². The van der Waals surface area contributed by atoms with Gasteiger partial charge in [0.1, 0.15) is 10.6 Å². The molecular formula is C11H7ClF2N2O2S. The van der Waals surface area contributed by atoms with Crippen molar-refractivity contribution in [1.29, 1.82) is 0 Å². The number of hydrogen-bond acceptors (Lipinski definition) is 4. The minimum absolute atomic E-state index is 0.0296. The number of pyridine rings is 1. The molecule has 0 radical (unpaired) electrons. The molecule has 2 aromatic heterocycles. The van der Waals surface area contributed by atoms with E-state index >= 15 is 0 Å². The Bertz CT molecular complexity index is 592. The number of amides is 1. The number of nitrogens with zero attached hydrogens (tertiary/aromatic N) is 1. The van der Waals surface area contributed by atoms with Gasteiger partial charge in [0.05, 0.1) is 5.02 Å². The average molecular weight is 305 g/mol. The van der Waals surface area contributed by atoms with Crippen LogP contribution < -0.4 is 10.1 Å². The van der Waals surface area contributed by atoms with Crippen molar-refractivity contribution in [2.75, 3.05) is 5.32 Å². The molecule has 0 fully saturated rings. The summed E-state index contributed by atoms with van der Waals surface area (Å²) in [5.41, 5.74) is 0. The third-order valence-electron chi connectivity index (χ3n) is 2.04. The topological polar surface area (TPSA) is 51.2 Å². The van der Waals surface area contributed by atoms with Crippen molar-refractivity contribution in [3.8, 4) is 5.75 Å². The first kappa shape index (κ1) is 13.7. The predicted octanol–water partition coefficient (Wildman–Crippen LogP) is 3.65. The van der Waals surface area contributed by atoms with Gasteiger partial charge in [0.15, 0.2) is 5.82 Å². The van der Waals surface area contributed by atoms with Crippen LogP contribution in [0.3, 0.4) is 0 Å². The Morgan fingerprint density at radius 1 is 1.47 bits per heavy atom. The summed E-state index contributed by atoms with van der Waals surface area (Å²) >= 11 is 6.81. The van der Waals surface area contributed by atoms with E-state index in [4.69, 9.17) is 11.6 Å². The second-order valence-electron chi connectivity index (χ2n) is 3.28. The Labute approximate surface area is 116 Å². The molecule has 2 rings (SSSR count). The van der Waals surface area contributed by atoms with Gasteiger partial charge < -0.3 is 10.1 Å². The van der Waals surface area contributed by atoms with E-state index in [2.05, 4.69) is 15.0 Å². The van der Waals surface area contributed by atoms with Crippen LogP contribution in [-0.4, -0.2) is 17.5 Å². The highest BCUT2D eigenvalue weighted by atomic mass is 35.5. The van der Waals surface area contributed by atoms with Crippen LogP contribution in [0.25, 0.3) is 0 Å². The number of aromatic nitrogens is 1. The van der Waals surface area contributed by atoms with Gasteiger partial charge >= 0.3 is 6.61 Å². The summed E-state index contributed by atoms with van der Waals surface area (Å²) in [4.78, 5) is 15.8. The summed E-state index contributed by atoms with van der Waals surface area (Å²) in [5.74, 6) is -0.624. The van der Waals surface area contributed by atoms with E-state index in [9.17, 15) is 13.6 Å². The van der Waals surface area contributed by atoms with E-state index in [1.54, 1.807) is 12.1 Å². The summed E-state index contributed by atoms with van der Waals surface area (Å²) < 4.78 is 28.5. The van der Waals surface area contributed by atoms with E-state index in [-0.39, 0.29) is 21.5 Å². The van der Waals surface area contributed by atoms with Gasteiger partial charge in [0, 0.05) is 6.20 Å². The first-order valence-corrected chi connectivity index (χ1v) is 6.28.